The zero-order valence-corrected chi connectivity index (χ0v) is 21.0. The molecule has 0 spiro atoms. The average Bonchev–Trinajstić information content (AvgIpc) is 3.39. The molecule has 35 heavy (non-hydrogen) atoms. The Bertz CT molecular complexity index is 1480. The van der Waals surface area contributed by atoms with E-state index < -0.39 is 17.7 Å². The molecule has 0 saturated carbocycles. The van der Waals surface area contributed by atoms with Crippen molar-refractivity contribution < 1.29 is 14.7 Å². The molecule has 1 N–H and O–H groups in total. The van der Waals surface area contributed by atoms with Crippen LogP contribution in [0.3, 0.4) is 0 Å². The number of Topliss-reactive ketones (excluding diaryl/α,β-unsaturated/α-hetero) is 1. The molecule has 0 radical (unpaired) electrons. The van der Waals surface area contributed by atoms with Crippen LogP contribution < -0.4 is 9.80 Å². The molecule has 2 heterocycles. The zero-order valence-electron chi connectivity index (χ0n) is 18.7. The van der Waals surface area contributed by atoms with E-state index in [0.717, 1.165) is 15.9 Å². The van der Waals surface area contributed by atoms with Gasteiger partial charge in [0, 0.05) is 25.3 Å². The summed E-state index contributed by atoms with van der Waals surface area (Å²) in [7, 11) is 3.85. The Morgan fingerprint density at radius 3 is 2.37 bits per heavy atom. The third kappa shape index (κ3) is 4.05. The number of fused-ring (bicyclic) bond motifs is 1. The number of aliphatic hydroxyl groups excluding tert-OH is 1. The van der Waals surface area contributed by atoms with Gasteiger partial charge in [0.05, 0.1) is 31.9 Å². The number of carbonyl (C=O) groups is 2. The molecule has 3 aromatic carbocycles. The van der Waals surface area contributed by atoms with Crippen molar-refractivity contribution in [3.63, 3.8) is 0 Å². The van der Waals surface area contributed by atoms with E-state index in [4.69, 9.17) is 23.2 Å². The molecule has 1 aliphatic rings. The minimum atomic E-state index is -0.874. The fourth-order valence-electron chi connectivity index (χ4n) is 4.06. The summed E-state index contributed by atoms with van der Waals surface area (Å²) >= 11 is 13.5. The van der Waals surface area contributed by atoms with Crippen molar-refractivity contribution in [2.45, 2.75) is 6.04 Å². The molecule has 1 saturated heterocycles. The van der Waals surface area contributed by atoms with Gasteiger partial charge >= 0.3 is 5.91 Å². The Morgan fingerprint density at radius 2 is 1.71 bits per heavy atom. The van der Waals surface area contributed by atoms with E-state index in [1.807, 2.05) is 67.5 Å². The van der Waals surface area contributed by atoms with E-state index in [-0.39, 0.29) is 21.9 Å². The van der Waals surface area contributed by atoms with Crippen molar-refractivity contribution in [1.82, 2.24) is 4.98 Å². The normalized spacial score (nSPS) is 17.4. The predicted octanol–water partition coefficient (Wildman–Crippen LogP) is 6.30. The van der Waals surface area contributed by atoms with Gasteiger partial charge < -0.3 is 10.0 Å². The molecule has 9 heteroatoms. The van der Waals surface area contributed by atoms with Crippen LogP contribution in [0.1, 0.15) is 17.2 Å². The molecule has 5 rings (SSSR count). The number of rotatable bonds is 4. The van der Waals surface area contributed by atoms with Crippen LogP contribution in [-0.2, 0) is 9.59 Å². The minimum absolute atomic E-state index is 0.0368. The van der Waals surface area contributed by atoms with Crippen molar-refractivity contribution in [2.75, 3.05) is 23.9 Å². The summed E-state index contributed by atoms with van der Waals surface area (Å²) in [6.07, 6.45) is 0. The van der Waals surface area contributed by atoms with E-state index in [9.17, 15) is 14.7 Å². The first-order valence-corrected chi connectivity index (χ1v) is 12.2. The molecule has 176 valence electrons. The van der Waals surface area contributed by atoms with Gasteiger partial charge in [0.2, 0.25) is 0 Å². The summed E-state index contributed by atoms with van der Waals surface area (Å²) in [5, 5.41) is 12.2. The second-order valence-electron chi connectivity index (χ2n) is 8.25. The number of amides is 1. The van der Waals surface area contributed by atoms with Gasteiger partial charge in [0.1, 0.15) is 5.76 Å². The van der Waals surface area contributed by atoms with Crippen LogP contribution >= 0.6 is 34.5 Å². The van der Waals surface area contributed by atoms with Crippen LogP contribution in [0.15, 0.2) is 72.3 Å². The van der Waals surface area contributed by atoms with Crippen LogP contribution in [0.5, 0.6) is 0 Å². The molecule has 1 fully saturated rings. The first-order valence-electron chi connectivity index (χ1n) is 10.7. The molecule has 1 amide bonds. The fourth-order valence-corrected chi connectivity index (χ4v) is 5.35. The van der Waals surface area contributed by atoms with Crippen LogP contribution in [0.2, 0.25) is 10.0 Å². The Kier molecular flexibility index (Phi) is 6.01. The van der Waals surface area contributed by atoms with Crippen molar-refractivity contribution in [1.29, 1.82) is 0 Å². The number of benzene rings is 3. The molecule has 0 aliphatic carbocycles. The van der Waals surface area contributed by atoms with E-state index in [2.05, 4.69) is 4.98 Å². The van der Waals surface area contributed by atoms with Gasteiger partial charge in [-0.25, -0.2) is 4.98 Å². The molecule has 1 aliphatic heterocycles. The highest BCUT2D eigenvalue weighted by atomic mass is 35.5. The maximum Gasteiger partial charge on any atom is 0.301 e. The number of para-hydroxylation sites is 1. The third-order valence-electron chi connectivity index (χ3n) is 5.85. The van der Waals surface area contributed by atoms with Crippen molar-refractivity contribution in [3.8, 4) is 0 Å². The molecule has 1 unspecified atom stereocenters. The summed E-state index contributed by atoms with van der Waals surface area (Å²) < 4.78 is 0.885. The summed E-state index contributed by atoms with van der Waals surface area (Å²) in [5.41, 5.74) is 2.59. The zero-order chi connectivity index (χ0) is 24.9. The smallest absolute Gasteiger partial charge is 0.301 e. The number of halogens is 2. The first kappa shape index (κ1) is 23.4. The van der Waals surface area contributed by atoms with E-state index in [0.29, 0.717) is 15.7 Å². The number of anilines is 2. The Balaban J connectivity index is 1.72. The summed E-state index contributed by atoms with van der Waals surface area (Å²) in [6.45, 7) is 0. The van der Waals surface area contributed by atoms with Crippen molar-refractivity contribution in [2.24, 2.45) is 0 Å². The summed E-state index contributed by atoms with van der Waals surface area (Å²) in [5.74, 6) is -1.88. The molecule has 4 aromatic rings. The molecule has 6 nitrogen and oxygen atoms in total. The number of thiazole rings is 1. The number of aromatic nitrogens is 1. The maximum absolute atomic E-state index is 13.4. The largest absolute Gasteiger partial charge is 0.507 e. The average molecular weight is 524 g/mol. The number of hydrogen-bond donors (Lipinski definition) is 1. The lowest BCUT2D eigenvalue weighted by molar-refractivity contribution is -0.132. The van der Waals surface area contributed by atoms with E-state index >= 15 is 0 Å². The van der Waals surface area contributed by atoms with Crippen LogP contribution in [0, 0.1) is 0 Å². The fraction of sp³-hybridized carbons (Fsp3) is 0.115. The molecule has 1 atom stereocenters. The lowest BCUT2D eigenvalue weighted by atomic mass is 9.95. The van der Waals surface area contributed by atoms with Gasteiger partial charge in [-0.1, -0.05) is 58.8 Å². The van der Waals surface area contributed by atoms with Gasteiger partial charge in [-0.15, -0.1) is 0 Å². The second kappa shape index (κ2) is 9.00. The van der Waals surface area contributed by atoms with E-state index in [1.54, 1.807) is 6.07 Å². The molecular formula is C26H19Cl2N3O3S. The Hall–Kier alpha value is -3.39. The molecule has 1 aromatic heterocycles. The van der Waals surface area contributed by atoms with Gasteiger partial charge in [-0.05, 0) is 48.0 Å². The van der Waals surface area contributed by atoms with Gasteiger partial charge in [0.25, 0.3) is 5.78 Å². The standard InChI is InChI=1S/C26H19Cl2N3O3S/c1-30(2)16-10-7-14(8-11-16)22-21(23(32)15-9-12-17(27)18(28)13-15)24(33)25(34)31(22)26-29-19-5-3-4-6-20(19)35-26/h3-13,22,32H,1-2H3/b23-21+. The number of aliphatic hydroxyl groups is 1. The highest BCUT2D eigenvalue weighted by molar-refractivity contribution is 7.22. The minimum Gasteiger partial charge on any atom is -0.507 e. The summed E-state index contributed by atoms with van der Waals surface area (Å²) in [4.78, 5) is 34.6. The van der Waals surface area contributed by atoms with Gasteiger partial charge in [0.15, 0.2) is 5.13 Å². The third-order valence-corrected chi connectivity index (χ3v) is 7.63. The lowest BCUT2D eigenvalue weighted by Gasteiger charge is -2.23. The highest BCUT2D eigenvalue weighted by Gasteiger charge is 2.48. The van der Waals surface area contributed by atoms with Crippen LogP contribution in [-0.4, -0.2) is 35.9 Å². The number of hydrogen-bond acceptors (Lipinski definition) is 6. The molecular weight excluding hydrogens is 505 g/mol. The number of nitrogens with zero attached hydrogens (tertiary/aromatic N) is 3. The van der Waals surface area contributed by atoms with Crippen LogP contribution in [0.4, 0.5) is 10.8 Å². The topological polar surface area (TPSA) is 73.7 Å². The van der Waals surface area contributed by atoms with Crippen molar-refractivity contribution in [3.05, 3.63) is 93.5 Å². The summed E-state index contributed by atoms with van der Waals surface area (Å²) in [6, 6.07) is 18.7. The first-order chi connectivity index (χ1) is 16.8. The quantitative estimate of drug-likeness (QED) is 0.193. The SMILES string of the molecule is CN(C)c1ccc(C2/C(=C(\O)c3ccc(Cl)c(Cl)c3)C(=O)C(=O)N2c2nc3ccccc3s2)cc1. The van der Waals surface area contributed by atoms with E-state index in [1.165, 1.54) is 28.4 Å². The Morgan fingerprint density at radius 1 is 1.00 bits per heavy atom. The Labute approximate surface area is 215 Å². The van der Waals surface area contributed by atoms with Crippen molar-refractivity contribution >= 4 is 73.0 Å². The second-order valence-corrected chi connectivity index (χ2v) is 10.1. The van der Waals surface area contributed by atoms with Crippen LogP contribution in [0.25, 0.3) is 16.0 Å². The molecule has 0 bridgehead atoms. The van der Waals surface area contributed by atoms with Gasteiger partial charge in [-0.3, -0.25) is 14.5 Å². The van der Waals surface area contributed by atoms with Gasteiger partial charge in [-0.2, -0.15) is 0 Å². The monoisotopic (exact) mass is 523 g/mol. The lowest BCUT2D eigenvalue weighted by Crippen LogP contribution is -2.29. The highest BCUT2D eigenvalue weighted by Crippen LogP contribution is 2.44. The maximum atomic E-state index is 13.4. The number of ketones is 1. The predicted molar refractivity (Wildman–Crippen MR) is 142 cm³/mol. The number of carbonyl (C=O) groups excluding carboxylic acids is 2.